The molecule has 0 fully saturated rings. The van der Waals surface area contributed by atoms with Gasteiger partial charge >= 0.3 is 6.18 Å². The lowest BCUT2D eigenvalue weighted by Gasteiger charge is -2.32. The molecule has 0 aromatic rings. The van der Waals surface area contributed by atoms with Crippen molar-refractivity contribution in [3.8, 4) is 0 Å². The van der Waals surface area contributed by atoms with E-state index in [9.17, 15) is 13.2 Å². The van der Waals surface area contributed by atoms with Gasteiger partial charge in [-0.2, -0.15) is 13.2 Å². The summed E-state index contributed by atoms with van der Waals surface area (Å²) in [5.41, 5.74) is -0.691. The van der Waals surface area contributed by atoms with Gasteiger partial charge in [0.2, 0.25) is 0 Å². The molecular weight excluding hydrogens is 225 g/mol. The molecule has 0 unspecified atom stereocenters. The topological polar surface area (TPSA) is 0 Å². The molecule has 0 N–H and O–H groups in total. The van der Waals surface area contributed by atoms with E-state index in [1.807, 2.05) is 32.9 Å². The first-order valence-electron chi connectivity index (χ1n) is 6.08. The zero-order chi connectivity index (χ0) is 13.9. The second kappa shape index (κ2) is 5.45. The monoisotopic (exact) mass is 250 g/mol. The smallest absolute Gasteiger partial charge is 0.171 e. The largest absolute Gasteiger partial charge is 0.392 e. The summed E-state index contributed by atoms with van der Waals surface area (Å²) in [5.74, 6) is -1.24. The Hall–Kier alpha value is -0.470. The lowest BCUT2D eigenvalue weighted by molar-refractivity contribution is -0.201. The van der Waals surface area contributed by atoms with Crippen molar-refractivity contribution in [2.45, 2.75) is 60.6 Å². The van der Waals surface area contributed by atoms with Crippen LogP contribution in [0.25, 0.3) is 0 Å². The van der Waals surface area contributed by atoms with Gasteiger partial charge in [-0.15, -0.1) is 0 Å². The van der Waals surface area contributed by atoms with Crippen LogP contribution in [-0.2, 0) is 0 Å². The summed E-state index contributed by atoms with van der Waals surface area (Å²) in [5, 5.41) is 0. The minimum absolute atomic E-state index is 0.0372. The minimum Gasteiger partial charge on any atom is -0.171 e. The van der Waals surface area contributed by atoms with Crippen LogP contribution in [0.1, 0.15) is 54.4 Å². The van der Waals surface area contributed by atoms with Gasteiger partial charge in [-0.1, -0.05) is 53.7 Å². The van der Waals surface area contributed by atoms with E-state index in [4.69, 9.17) is 0 Å². The van der Waals surface area contributed by atoms with Gasteiger partial charge in [0, 0.05) is 0 Å². The highest BCUT2D eigenvalue weighted by atomic mass is 19.4. The number of allylic oxidation sites excluding steroid dienone is 2. The molecule has 0 nitrogen and oxygen atoms in total. The first-order chi connectivity index (χ1) is 7.34. The van der Waals surface area contributed by atoms with E-state index in [1.165, 1.54) is 0 Å². The van der Waals surface area contributed by atoms with E-state index < -0.39 is 17.5 Å². The van der Waals surface area contributed by atoms with Gasteiger partial charge in [-0.3, -0.25) is 0 Å². The fourth-order valence-corrected chi connectivity index (χ4v) is 1.79. The van der Waals surface area contributed by atoms with Crippen LogP contribution < -0.4 is 0 Å². The Labute approximate surface area is 103 Å². The fraction of sp³-hybridized carbons (Fsp3) is 0.857. The van der Waals surface area contributed by atoms with Crippen LogP contribution in [0.3, 0.4) is 0 Å². The van der Waals surface area contributed by atoms with E-state index in [0.717, 1.165) is 0 Å². The zero-order valence-corrected chi connectivity index (χ0v) is 11.8. The first-order valence-corrected chi connectivity index (χ1v) is 6.08. The number of hydrogen-bond acceptors (Lipinski definition) is 0. The van der Waals surface area contributed by atoms with Crippen LogP contribution in [0, 0.1) is 16.7 Å². The molecule has 0 aromatic heterocycles. The Morgan fingerprint density at radius 3 is 1.71 bits per heavy atom. The van der Waals surface area contributed by atoms with Gasteiger partial charge in [0.05, 0.1) is 5.92 Å². The quantitative estimate of drug-likeness (QED) is 0.572. The molecule has 0 aliphatic heterocycles. The molecule has 0 heterocycles. The average molecular weight is 250 g/mol. The van der Waals surface area contributed by atoms with Crippen molar-refractivity contribution in [2.75, 3.05) is 0 Å². The van der Waals surface area contributed by atoms with E-state index in [0.29, 0.717) is 6.42 Å². The molecule has 0 aromatic carbocycles. The highest BCUT2D eigenvalue weighted by Gasteiger charge is 2.45. The maximum absolute atomic E-state index is 12.9. The molecule has 0 saturated heterocycles. The molecule has 0 aliphatic carbocycles. The predicted molar refractivity (Wildman–Crippen MR) is 66.8 cm³/mol. The van der Waals surface area contributed by atoms with Gasteiger partial charge in [0.15, 0.2) is 0 Å². The van der Waals surface area contributed by atoms with Crippen LogP contribution in [0.5, 0.6) is 0 Å². The lowest BCUT2D eigenvalue weighted by Crippen LogP contribution is -2.34. The molecule has 1 atom stereocenters. The third kappa shape index (κ3) is 7.45. The second-order valence-electron chi connectivity index (χ2n) is 6.81. The maximum Gasteiger partial charge on any atom is 0.392 e. The first kappa shape index (κ1) is 16.5. The molecule has 0 radical (unpaired) electrons. The standard InChI is InChI=1S/C14H25F3/c1-12(2,3)10-8-7-9-11(13(4,5)6)14(15,16)17/h8,10-11H,7,9H2,1-6H3/b10-8+/t11-/m0/s1. The highest BCUT2D eigenvalue weighted by Crippen LogP contribution is 2.42. The van der Waals surface area contributed by atoms with Crippen molar-refractivity contribution < 1.29 is 13.2 Å². The van der Waals surface area contributed by atoms with E-state index in [-0.39, 0.29) is 11.8 Å². The van der Waals surface area contributed by atoms with Crippen molar-refractivity contribution in [3.63, 3.8) is 0 Å². The van der Waals surface area contributed by atoms with Crippen molar-refractivity contribution in [1.82, 2.24) is 0 Å². The van der Waals surface area contributed by atoms with Crippen molar-refractivity contribution in [1.29, 1.82) is 0 Å². The SMILES string of the molecule is CC(C)(C)/C=C/CC[C@@H](C(C)(C)C)C(F)(F)F. The molecule has 0 amide bonds. The maximum atomic E-state index is 12.9. The Morgan fingerprint density at radius 1 is 0.941 bits per heavy atom. The van der Waals surface area contributed by atoms with Crippen molar-refractivity contribution in [2.24, 2.45) is 16.7 Å². The normalized spacial score (nSPS) is 16.5. The third-order valence-electron chi connectivity index (χ3n) is 2.68. The van der Waals surface area contributed by atoms with Crippen LogP contribution in [0.15, 0.2) is 12.2 Å². The van der Waals surface area contributed by atoms with E-state index in [1.54, 1.807) is 20.8 Å². The summed E-state index contributed by atoms with van der Waals surface area (Å²) in [7, 11) is 0. The van der Waals surface area contributed by atoms with Crippen LogP contribution >= 0.6 is 0 Å². The predicted octanol–water partition coefficient (Wildman–Crippen LogP) is 5.59. The van der Waals surface area contributed by atoms with E-state index in [2.05, 4.69) is 0 Å². The third-order valence-corrected chi connectivity index (χ3v) is 2.68. The summed E-state index contributed by atoms with van der Waals surface area (Å²) in [6.07, 6.45) is 0.389. The second-order valence-corrected chi connectivity index (χ2v) is 6.81. The molecule has 0 bridgehead atoms. The summed E-state index contributed by atoms with van der Waals surface area (Å²) < 4.78 is 38.6. The van der Waals surface area contributed by atoms with Crippen molar-refractivity contribution >= 4 is 0 Å². The summed E-state index contributed by atoms with van der Waals surface area (Å²) in [4.78, 5) is 0. The molecule has 3 heteroatoms. The minimum atomic E-state index is -4.10. The lowest BCUT2D eigenvalue weighted by atomic mass is 9.77. The summed E-state index contributed by atoms with van der Waals surface area (Å²) in [6, 6.07) is 0. The number of halogens is 3. The Kier molecular flexibility index (Phi) is 5.30. The van der Waals surface area contributed by atoms with Gasteiger partial charge in [-0.25, -0.2) is 0 Å². The van der Waals surface area contributed by atoms with Gasteiger partial charge in [0.1, 0.15) is 0 Å². The van der Waals surface area contributed by atoms with Gasteiger partial charge < -0.3 is 0 Å². The summed E-state index contributed by atoms with van der Waals surface area (Å²) in [6.45, 7) is 11.1. The number of alkyl halides is 3. The highest BCUT2D eigenvalue weighted by molar-refractivity contribution is 4.93. The zero-order valence-electron chi connectivity index (χ0n) is 11.8. The molecular formula is C14H25F3. The van der Waals surface area contributed by atoms with Gasteiger partial charge in [-0.05, 0) is 23.7 Å². The summed E-state index contributed by atoms with van der Waals surface area (Å²) >= 11 is 0. The Balaban J connectivity index is 4.46. The van der Waals surface area contributed by atoms with Crippen LogP contribution in [0.2, 0.25) is 0 Å². The fourth-order valence-electron chi connectivity index (χ4n) is 1.79. The van der Waals surface area contributed by atoms with Gasteiger partial charge in [0.25, 0.3) is 0 Å². The Morgan fingerprint density at radius 2 is 1.41 bits per heavy atom. The van der Waals surface area contributed by atoms with Crippen molar-refractivity contribution in [3.05, 3.63) is 12.2 Å². The Bertz CT molecular complexity index is 234. The molecule has 17 heavy (non-hydrogen) atoms. The molecule has 102 valence electrons. The molecule has 0 aliphatic rings. The number of rotatable bonds is 3. The van der Waals surface area contributed by atoms with E-state index >= 15 is 0 Å². The molecule has 0 saturated carbocycles. The number of hydrogen-bond donors (Lipinski definition) is 0. The van der Waals surface area contributed by atoms with Crippen LogP contribution in [0.4, 0.5) is 13.2 Å². The molecule has 0 rings (SSSR count). The molecule has 0 spiro atoms. The van der Waals surface area contributed by atoms with Crippen LogP contribution in [-0.4, -0.2) is 6.18 Å². The average Bonchev–Trinajstić information content (AvgIpc) is 1.95.